The Bertz CT molecular complexity index is 933. The molecule has 2 aromatic carbocycles. The minimum Gasteiger partial charge on any atom is -0.354 e. The number of hydrogen-bond acceptors (Lipinski definition) is 4. The molecule has 2 rings (SSSR count). The van der Waals surface area contributed by atoms with Gasteiger partial charge in [-0.05, 0) is 31.0 Å². The molecule has 1 atom stereocenters. The van der Waals surface area contributed by atoms with Crippen molar-refractivity contribution in [3.8, 4) is 0 Å². The summed E-state index contributed by atoms with van der Waals surface area (Å²) in [5.74, 6) is -0.723. The lowest BCUT2D eigenvalue weighted by Crippen LogP contribution is -2.51. The van der Waals surface area contributed by atoms with Crippen LogP contribution in [0.15, 0.2) is 60.7 Å². The van der Waals surface area contributed by atoms with E-state index in [2.05, 4.69) is 5.32 Å². The van der Waals surface area contributed by atoms with Gasteiger partial charge in [-0.2, -0.15) is 0 Å². The summed E-state index contributed by atoms with van der Waals surface area (Å²) >= 11 is 0. The maximum absolute atomic E-state index is 13.2. The van der Waals surface area contributed by atoms with Crippen LogP contribution in [0.3, 0.4) is 0 Å². The molecule has 8 heteroatoms. The second kappa shape index (κ2) is 10.8. The van der Waals surface area contributed by atoms with E-state index in [0.717, 1.165) is 22.5 Å². The van der Waals surface area contributed by atoms with Gasteiger partial charge in [0, 0.05) is 13.1 Å². The van der Waals surface area contributed by atoms with Crippen LogP contribution < -0.4 is 9.62 Å². The fourth-order valence-corrected chi connectivity index (χ4v) is 3.82. The third-order valence-electron chi connectivity index (χ3n) is 4.64. The predicted molar refractivity (Wildman–Crippen MR) is 118 cm³/mol. The van der Waals surface area contributed by atoms with E-state index in [1.807, 2.05) is 37.3 Å². The van der Waals surface area contributed by atoms with E-state index in [-0.39, 0.29) is 19.0 Å². The van der Waals surface area contributed by atoms with Crippen molar-refractivity contribution in [1.82, 2.24) is 10.2 Å². The first kappa shape index (κ1) is 23.4. The first-order valence-corrected chi connectivity index (χ1v) is 11.7. The van der Waals surface area contributed by atoms with E-state index < -0.39 is 22.0 Å². The Morgan fingerprint density at radius 3 is 2.10 bits per heavy atom. The standard InChI is InChI=1S/C22H29N3O4S/c1-4-15-23-22(27)18(2)24(16-19-11-7-5-8-12-19)21(26)17-25(30(3,28)29)20-13-9-6-10-14-20/h5-14,18H,4,15-17H2,1-3H3,(H,23,27)/t18-/m1/s1. The van der Waals surface area contributed by atoms with Crippen LogP contribution in [0, 0.1) is 0 Å². The normalized spacial score (nSPS) is 12.1. The molecule has 30 heavy (non-hydrogen) atoms. The minimum atomic E-state index is -3.69. The van der Waals surface area contributed by atoms with Crippen molar-refractivity contribution in [2.45, 2.75) is 32.9 Å². The van der Waals surface area contributed by atoms with Gasteiger partial charge < -0.3 is 10.2 Å². The highest BCUT2D eigenvalue weighted by Gasteiger charge is 2.29. The molecule has 7 nitrogen and oxygen atoms in total. The number of hydrogen-bond donors (Lipinski definition) is 1. The van der Waals surface area contributed by atoms with E-state index in [1.54, 1.807) is 37.3 Å². The fraction of sp³-hybridized carbons (Fsp3) is 0.364. The summed E-state index contributed by atoms with van der Waals surface area (Å²) in [5, 5.41) is 2.80. The van der Waals surface area contributed by atoms with Gasteiger partial charge >= 0.3 is 0 Å². The fourth-order valence-electron chi connectivity index (χ4n) is 2.97. The van der Waals surface area contributed by atoms with E-state index in [4.69, 9.17) is 0 Å². The van der Waals surface area contributed by atoms with Crippen LogP contribution in [0.1, 0.15) is 25.8 Å². The van der Waals surface area contributed by atoms with Gasteiger partial charge in [-0.3, -0.25) is 13.9 Å². The maximum atomic E-state index is 13.2. The Morgan fingerprint density at radius 1 is 1.00 bits per heavy atom. The zero-order valence-corrected chi connectivity index (χ0v) is 18.4. The van der Waals surface area contributed by atoms with Crippen LogP contribution >= 0.6 is 0 Å². The molecule has 0 aliphatic heterocycles. The second-order valence-electron chi connectivity index (χ2n) is 7.08. The van der Waals surface area contributed by atoms with Crippen LogP contribution in [0.4, 0.5) is 5.69 Å². The Balaban J connectivity index is 2.31. The molecule has 0 fully saturated rings. The largest absolute Gasteiger partial charge is 0.354 e. The number of rotatable bonds is 10. The summed E-state index contributed by atoms with van der Waals surface area (Å²) in [6.07, 6.45) is 1.84. The number of carbonyl (C=O) groups is 2. The summed E-state index contributed by atoms with van der Waals surface area (Å²) < 4.78 is 25.8. The molecule has 0 aliphatic carbocycles. The molecule has 2 amide bonds. The smallest absolute Gasteiger partial charge is 0.244 e. The van der Waals surface area contributed by atoms with Gasteiger partial charge in [0.2, 0.25) is 21.8 Å². The number of para-hydroxylation sites is 1. The number of carbonyl (C=O) groups excluding carboxylic acids is 2. The quantitative estimate of drug-likeness (QED) is 0.626. The van der Waals surface area contributed by atoms with Crippen molar-refractivity contribution in [3.05, 3.63) is 66.2 Å². The predicted octanol–water partition coefficient (Wildman–Crippen LogP) is 2.40. The topological polar surface area (TPSA) is 86.8 Å². The molecule has 0 unspecified atom stereocenters. The minimum absolute atomic E-state index is 0.201. The highest BCUT2D eigenvalue weighted by atomic mass is 32.2. The summed E-state index contributed by atoms with van der Waals surface area (Å²) in [6, 6.07) is 17.0. The van der Waals surface area contributed by atoms with E-state index in [9.17, 15) is 18.0 Å². The number of amides is 2. The number of nitrogens with zero attached hydrogens (tertiary/aromatic N) is 2. The zero-order chi connectivity index (χ0) is 22.1. The number of benzene rings is 2. The van der Waals surface area contributed by atoms with Crippen LogP contribution in [-0.4, -0.2) is 50.5 Å². The van der Waals surface area contributed by atoms with E-state index >= 15 is 0 Å². The number of sulfonamides is 1. The van der Waals surface area contributed by atoms with Crippen LogP contribution in [0.5, 0.6) is 0 Å². The van der Waals surface area contributed by atoms with E-state index in [1.165, 1.54) is 4.90 Å². The molecule has 1 N–H and O–H groups in total. The van der Waals surface area contributed by atoms with Crippen LogP contribution in [0.25, 0.3) is 0 Å². The first-order valence-electron chi connectivity index (χ1n) is 9.88. The van der Waals surface area contributed by atoms with Gasteiger partial charge in [-0.25, -0.2) is 8.42 Å². The average molecular weight is 432 g/mol. The zero-order valence-electron chi connectivity index (χ0n) is 17.6. The lowest BCUT2D eigenvalue weighted by molar-refractivity contribution is -0.139. The maximum Gasteiger partial charge on any atom is 0.244 e. The molecule has 0 spiro atoms. The van der Waals surface area contributed by atoms with Gasteiger partial charge in [0.15, 0.2) is 0 Å². The first-order chi connectivity index (χ1) is 14.2. The summed E-state index contributed by atoms with van der Waals surface area (Å²) in [7, 11) is -3.69. The molecule has 0 bridgehead atoms. The van der Waals surface area contributed by atoms with E-state index in [0.29, 0.717) is 12.2 Å². The Kier molecular flexibility index (Phi) is 8.41. The van der Waals surface area contributed by atoms with Crippen molar-refractivity contribution in [1.29, 1.82) is 0 Å². The monoisotopic (exact) mass is 431 g/mol. The van der Waals surface area contributed by atoms with Crippen molar-refractivity contribution in [3.63, 3.8) is 0 Å². The third-order valence-corrected chi connectivity index (χ3v) is 5.78. The lowest BCUT2D eigenvalue weighted by atomic mass is 10.1. The molecule has 162 valence electrons. The second-order valence-corrected chi connectivity index (χ2v) is 8.99. The highest BCUT2D eigenvalue weighted by molar-refractivity contribution is 7.92. The van der Waals surface area contributed by atoms with Crippen molar-refractivity contribution in [2.75, 3.05) is 23.7 Å². The van der Waals surface area contributed by atoms with Crippen molar-refractivity contribution in [2.24, 2.45) is 0 Å². The molecular weight excluding hydrogens is 402 g/mol. The molecular formula is C22H29N3O4S. The van der Waals surface area contributed by atoms with Crippen LogP contribution in [0.2, 0.25) is 0 Å². The Labute approximate surface area is 178 Å². The van der Waals surface area contributed by atoms with Gasteiger partial charge in [-0.1, -0.05) is 55.5 Å². The van der Waals surface area contributed by atoms with Gasteiger partial charge in [0.05, 0.1) is 11.9 Å². The SMILES string of the molecule is CCCNC(=O)[C@@H](C)N(Cc1ccccc1)C(=O)CN(c1ccccc1)S(C)(=O)=O. The average Bonchev–Trinajstić information content (AvgIpc) is 2.74. The molecule has 0 aromatic heterocycles. The Hall–Kier alpha value is -2.87. The summed E-state index contributed by atoms with van der Waals surface area (Å²) in [5.41, 5.74) is 1.25. The molecule has 0 radical (unpaired) electrons. The molecule has 0 heterocycles. The van der Waals surface area contributed by atoms with Crippen LogP contribution in [-0.2, 0) is 26.2 Å². The van der Waals surface area contributed by atoms with Gasteiger partial charge in [-0.15, -0.1) is 0 Å². The molecule has 0 saturated carbocycles. The van der Waals surface area contributed by atoms with Gasteiger partial charge in [0.25, 0.3) is 0 Å². The third kappa shape index (κ3) is 6.59. The van der Waals surface area contributed by atoms with Crippen molar-refractivity contribution >= 4 is 27.5 Å². The molecule has 0 saturated heterocycles. The summed E-state index contributed by atoms with van der Waals surface area (Å²) in [4.78, 5) is 27.2. The highest BCUT2D eigenvalue weighted by Crippen LogP contribution is 2.18. The lowest BCUT2D eigenvalue weighted by Gasteiger charge is -2.31. The van der Waals surface area contributed by atoms with Gasteiger partial charge in [0.1, 0.15) is 12.6 Å². The summed E-state index contributed by atoms with van der Waals surface area (Å²) in [6.45, 7) is 3.92. The molecule has 0 aliphatic rings. The number of anilines is 1. The van der Waals surface area contributed by atoms with Crippen molar-refractivity contribution < 1.29 is 18.0 Å². The Morgan fingerprint density at radius 2 is 1.57 bits per heavy atom. The molecule has 2 aromatic rings. The number of nitrogens with one attached hydrogen (secondary N) is 1.